The summed E-state index contributed by atoms with van der Waals surface area (Å²) in [5.74, 6) is -1.79. The van der Waals surface area contributed by atoms with E-state index < -0.39 is 23.7 Å². The van der Waals surface area contributed by atoms with Gasteiger partial charge in [-0.3, -0.25) is 9.59 Å². The van der Waals surface area contributed by atoms with Gasteiger partial charge in [-0.05, 0) is 13.0 Å². The van der Waals surface area contributed by atoms with Crippen molar-refractivity contribution >= 4 is 23.6 Å². The Morgan fingerprint density at radius 1 is 1.50 bits per heavy atom. The molecule has 0 bridgehead atoms. The second kappa shape index (κ2) is 4.97. The summed E-state index contributed by atoms with van der Waals surface area (Å²) < 4.78 is 13.7. The SMILES string of the molecule is C[C@H]1S[C@H](c2ccccc2F)N(CC(=O)O)C1=O. The molecule has 1 aliphatic rings. The van der Waals surface area contributed by atoms with Crippen LogP contribution < -0.4 is 0 Å². The molecule has 1 heterocycles. The van der Waals surface area contributed by atoms with Crippen LogP contribution in [0.1, 0.15) is 17.9 Å². The van der Waals surface area contributed by atoms with Crippen LogP contribution >= 0.6 is 11.8 Å². The van der Waals surface area contributed by atoms with Crippen LogP contribution in [0.5, 0.6) is 0 Å². The molecule has 2 rings (SSSR count). The van der Waals surface area contributed by atoms with Gasteiger partial charge in [-0.2, -0.15) is 0 Å². The minimum absolute atomic E-state index is 0.268. The maximum absolute atomic E-state index is 13.7. The zero-order valence-corrected chi connectivity index (χ0v) is 10.5. The van der Waals surface area contributed by atoms with Crippen LogP contribution in [0.4, 0.5) is 4.39 Å². The maximum atomic E-state index is 13.7. The first kappa shape index (κ1) is 12.9. The number of benzene rings is 1. The fraction of sp³-hybridized carbons (Fsp3) is 0.333. The second-order valence-corrected chi connectivity index (χ2v) is 5.44. The third-order valence-corrected chi connectivity index (χ3v) is 4.10. The predicted octanol–water partition coefficient (Wildman–Crippen LogP) is 1.87. The van der Waals surface area contributed by atoms with Crippen molar-refractivity contribution in [1.29, 1.82) is 0 Å². The predicted molar refractivity (Wildman–Crippen MR) is 65.5 cm³/mol. The standard InChI is InChI=1S/C12H12FNO3S/c1-7-11(17)14(6-10(15)16)12(18-7)8-4-2-3-5-9(8)13/h2-5,7,12H,6H2,1H3,(H,15,16)/t7-,12-/m1/s1. The lowest BCUT2D eigenvalue weighted by Gasteiger charge is -2.22. The molecule has 1 N–H and O–H groups in total. The van der Waals surface area contributed by atoms with Crippen molar-refractivity contribution in [2.75, 3.05) is 6.54 Å². The number of carboxylic acids is 1. The van der Waals surface area contributed by atoms with Gasteiger partial charge in [0, 0.05) is 5.56 Å². The van der Waals surface area contributed by atoms with Crippen molar-refractivity contribution in [3.8, 4) is 0 Å². The molecule has 0 saturated carbocycles. The Labute approximate surface area is 108 Å². The second-order valence-electron chi connectivity index (χ2n) is 4.01. The Morgan fingerprint density at radius 3 is 2.78 bits per heavy atom. The summed E-state index contributed by atoms with van der Waals surface area (Å²) in [7, 11) is 0. The number of aliphatic carboxylic acids is 1. The fourth-order valence-electron chi connectivity index (χ4n) is 1.90. The summed E-state index contributed by atoms with van der Waals surface area (Å²) in [5.41, 5.74) is 0.349. The first-order chi connectivity index (χ1) is 8.50. The molecule has 0 unspecified atom stereocenters. The van der Waals surface area contributed by atoms with Crippen LogP contribution in [-0.4, -0.2) is 33.7 Å². The van der Waals surface area contributed by atoms with Crippen LogP contribution in [0.2, 0.25) is 0 Å². The van der Waals surface area contributed by atoms with Crippen molar-refractivity contribution in [2.45, 2.75) is 17.5 Å². The van der Waals surface area contributed by atoms with E-state index >= 15 is 0 Å². The first-order valence-corrected chi connectivity index (χ1v) is 6.37. The van der Waals surface area contributed by atoms with Crippen molar-refractivity contribution in [3.63, 3.8) is 0 Å². The minimum atomic E-state index is -1.10. The molecule has 1 fully saturated rings. The molecule has 96 valence electrons. The van der Waals surface area contributed by atoms with Gasteiger partial charge in [-0.1, -0.05) is 18.2 Å². The third kappa shape index (κ3) is 2.33. The summed E-state index contributed by atoms with van der Waals surface area (Å²) in [6.45, 7) is 1.29. The Balaban J connectivity index is 2.34. The Bertz CT molecular complexity index is 494. The van der Waals surface area contributed by atoms with Gasteiger partial charge in [0.05, 0.1) is 5.25 Å². The molecular weight excluding hydrogens is 257 g/mol. The van der Waals surface area contributed by atoms with Crippen LogP contribution in [-0.2, 0) is 9.59 Å². The Morgan fingerprint density at radius 2 is 2.17 bits per heavy atom. The van der Waals surface area contributed by atoms with E-state index in [0.717, 1.165) is 0 Å². The fourth-order valence-corrected chi connectivity index (χ4v) is 3.20. The molecule has 0 aliphatic carbocycles. The molecule has 18 heavy (non-hydrogen) atoms. The number of carbonyl (C=O) groups is 2. The van der Waals surface area contributed by atoms with Gasteiger partial charge >= 0.3 is 5.97 Å². The first-order valence-electron chi connectivity index (χ1n) is 5.43. The smallest absolute Gasteiger partial charge is 0.323 e. The number of hydrogen-bond donors (Lipinski definition) is 1. The molecule has 0 aromatic heterocycles. The molecular formula is C12H12FNO3S. The van der Waals surface area contributed by atoms with Crippen molar-refractivity contribution in [1.82, 2.24) is 4.90 Å². The number of carbonyl (C=O) groups excluding carboxylic acids is 1. The van der Waals surface area contributed by atoms with E-state index in [-0.39, 0.29) is 11.2 Å². The quantitative estimate of drug-likeness (QED) is 0.910. The van der Waals surface area contributed by atoms with E-state index in [1.165, 1.54) is 22.7 Å². The summed E-state index contributed by atoms with van der Waals surface area (Å²) in [6, 6.07) is 6.12. The number of amides is 1. The average molecular weight is 269 g/mol. The molecule has 0 radical (unpaired) electrons. The highest BCUT2D eigenvalue weighted by molar-refractivity contribution is 8.01. The van der Waals surface area contributed by atoms with Gasteiger partial charge in [0.25, 0.3) is 0 Å². The van der Waals surface area contributed by atoms with Gasteiger partial charge in [0.1, 0.15) is 17.7 Å². The molecule has 4 nitrogen and oxygen atoms in total. The topological polar surface area (TPSA) is 57.6 Å². The van der Waals surface area contributed by atoms with E-state index in [0.29, 0.717) is 5.56 Å². The number of carboxylic acid groups (broad SMARTS) is 1. The maximum Gasteiger partial charge on any atom is 0.323 e. The van der Waals surface area contributed by atoms with Crippen LogP contribution in [0, 0.1) is 5.82 Å². The lowest BCUT2D eigenvalue weighted by atomic mass is 10.2. The highest BCUT2D eigenvalue weighted by Gasteiger charge is 2.40. The molecule has 1 aromatic carbocycles. The van der Waals surface area contributed by atoms with Crippen molar-refractivity contribution in [3.05, 3.63) is 35.6 Å². The van der Waals surface area contributed by atoms with Gasteiger partial charge < -0.3 is 10.0 Å². The third-order valence-electron chi connectivity index (χ3n) is 2.72. The Hall–Kier alpha value is -1.56. The summed E-state index contributed by atoms with van der Waals surface area (Å²) in [6.07, 6.45) is 0. The minimum Gasteiger partial charge on any atom is -0.480 e. The van der Waals surface area contributed by atoms with E-state index in [1.807, 2.05) is 0 Å². The van der Waals surface area contributed by atoms with E-state index in [1.54, 1.807) is 25.1 Å². The summed E-state index contributed by atoms with van der Waals surface area (Å²) in [5, 5.41) is 7.90. The van der Waals surface area contributed by atoms with Gasteiger partial charge in [0.15, 0.2) is 0 Å². The van der Waals surface area contributed by atoms with Crippen molar-refractivity contribution < 1.29 is 19.1 Å². The van der Waals surface area contributed by atoms with Crippen LogP contribution in [0.25, 0.3) is 0 Å². The van der Waals surface area contributed by atoms with E-state index in [9.17, 15) is 14.0 Å². The zero-order chi connectivity index (χ0) is 13.3. The van der Waals surface area contributed by atoms with Crippen LogP contribution in [0.3, 0.4) is 0 Å². The molecule has 2 atom stereocenters. The van der Waals surface area contributed by atoms with E-state index in [4.69, 9.17) is 5.11 Å². The largest absolute Gasteiger partial charge is 0.480 e. The zero-order valence-electron chi connectivity index (χ0n) is 9.67. The summed E-state index contributed by atoms with van der Waals surface area (Å²) >= 11 is 1.26. The molecule has 1 aromatic rings. The highest BCUT2D eigenvalue weighted by Crippen LogP contribution is 2.43. The number of hydrogen-bond acceptors (Lipinski definition) is 3. The number of nitrogens with zero attached hydrogens (tertiary/aromatic N) is 1. The lowest BCUT2D eigenvalue weighted by Crippen LogP contribution is -2.35. The average Bonchev–Trinajstić information content (AvgIpc) is 2.57. The van der Waals surface area contributed by atoms with Gasteiger partial charge in [-0.15, -0.1) is 11.8 Å². The monoisotopic (exact) mass is 269 g/mol. The van der Waals surface area contributed by atoms with Crippen molar-refractivity contribution in [2.24, 2.45) is 0 Å². The number of halogens is 1. The molecule has 1 aliphatic heterocycles. The lowest BCUT2D eigenvalue weighted by molar-refractivity contribution is -0.144. The number of thioether (sulfide) groups is 1. The van der Waals surface area contributed by atoms with E-state index in [2.05, 4.69) is 0 Å². The van der Waals surface area contributed by atoms with Gasteiger partial charge in [0.2, 0.25) is 5.91 Å². The Kier molecular flexibility index (Phi) is 3.56. The highest BCUT2D eigenvalue weighted by atomic mass is 32.2. The normalized spacial score (nSPS) is 23.4. The van der Waals surface area contributed by atoms with Crippen LogP contribution in [0.15, 0.2) is 24.3 Å². The molecule has 6 heteroatoms. The molecule has 1 amide bonds. The molecule has 0 spiro atoms. The molecule has 1 saturated heterocycles. The summed E-state index contributed by atoms with van der Waals surface area (Å²) in [4.78, 5) is 23.8. The number of rotatable bonds is 3. The van der Waals surface area contributed by atoms with Gasteiger partial charge in [-0.25, -0.2) is 4.39 Å².